The van der Waals surface area contributed by atoms with Gasteiger partial charge < -0.3 is 14.4 Å². The molecule has 0 aromatic heterocycles. The standard InChI is InChI=1S/C25H24N2O3.4C2H6/c1-17-14-20(25(29-16-30-25)19-12-8-5-9-13-19)15-21-22(17)26(2)24(28)27(3)23(21)18-10-6-4-7-11-18;4*1-2/h4-15,23H,16H2,1-3H3;4*1-2H3. The summed E-state index contributed by atoms with van der Waals surface area (Å²) in [4.78, 5) is 16.5. The molecular weight excluding hydrogens is 472 g/mol. The number of aryl methyl sites for hydroxylation is 1. The van der Waals surface area contributed by atoms with Crippen LogP contribution in [-0.4, -0.2) is 31.8 Å². The van der Waals surface area contributed by atoms with E-state index >= 15 is 0 Å². The molecule has 1 atom stereocenters. The largest absolute Gasteiger partial charge is 0.324 e. The number of hydrogen-bond donors (Lipinski definition) is 0. The summed E-state index contributed by atoms with van der Waals surface area (Å²) in [6.45, 7) is 18.3. The minimum absolute atomic E-state index is 0.0267. The molecule has 0 radical (unpaired) electrons. The Hall–Kier alpha value is -3.15. The predicted molar refractivity (Wildman–Crippen MR) is 161 cm³/mol. The first-order valence-electron chi connectivity index (χ1n) is 14.1. The maximum Gasteiger partial charge on any atom is 0.324 e. The molecule has 0 bridgehead atoms. The zero-order valence-electron chi connectivity index (χ0n) is 25.3. The van der Waals surface area contributed by atoms with Gasteiger partial charge in [-0.15, -0.1) is 0 Å². The van der Waals surface area contributed by atoms with Gasteiger partial charge >= 0.3 is 6.03 Å². The van der Waals surface area contributed by atoms with Gasteiger partial charge in [0.05, 0.1) is 11.7 Å². The number of hydrogen-bond acceptors (Lipinski definition) is 3. The second-order valence-electron chi connectivity index (χ2n) is 7.89. The molecule has 5 rings (SSSR count). The van der Waals surface area contributed by atoms with Gasteiger partial charge in [0.15, 0.2) is 6.79 Å². The first-order valence-corrected chi connectivity index (χ1v) is 14.1. The van der Waals surface area contributed by atoms with E-state index in [2.05, 4.69) is 24.3 Å². The monoisotopic (exact) mass is 520 g/mol. The number of rotatable bonds is 3. The normalized spacial score (nSPS) is 16.4. The van der Waals surface area contributed by atoms with Crippen LogP contribution in [0.4, 0.5) is 10.5 Å². The first-order chi connectivity index (χ1) is 18.5. The molecule has 0 aliphatic carbocycles. The lowest BCUT2D eigenvalue weighted by molar-refractivity contribution is -0.386. The van der Waals surface area contributed by atoms with Gasteiger partial charge in [-0.25, -0.2) is 4.79 Å². The average molecular weight is 521 g/mol. The van der Waals surface area contributed by atoms with Crippen LogP contribution in [0.1, 0.15) is 89.2 Å². The third kappa shape index (κ3) is 6.28. The molecule has 5 heteroatoms. The van der Waals surface area contributed by atoms with E-state index in [9.17, 15) is 4.79 Å². The Morgan fingerprint density at radius 2 is 1.24 bits per heavy atom. The smallest absolute Gasteiger partial charge is 0.316 e. The van der Waals surface area contributed by atoms with Gasteiger partial charge in [-0.2, -0.15) is 0 Å². The van der Waals surface area contributed by atoms with E-state index in [1.165, 1.54) is 0 Å². The molecule has 2 aliphatic rings. The fraction of sp³-hybridized carbons (Fsp3) is 0.424. The molecule has 3 aromatic carbocycles. The van der Waals surface area contributed by atoms with Crippen LogP contribution in [0.5, 0.6) is 0 Å². The molecule has 0 saturated carbocycles. The Bertz CT molecular complexity index is 1100. The van der Waals surface area contributed by atoms with E-state index in [1.807, 2.05) is 125 Å². The zero-order chi connectivity index (χ0) is 28.9. The highest BCUT2D eigenvalue weighted by Gasteiger charge is 2.46. The summed E-state index contributed by atoms with van der Waals surface area (Å²) < 4.78 is 12.1. The van der Waals surface area contributed by atoms with Crippen LogP contribution in [0.2, 0.25) is 0 Å². The minimum Gasteiger partial charge on any atom is -0.316 e. The van der Waals surface area contributed by atoms with Crippen molar-refractivity contribution >= 4 is 11.7 Å². The molecule has 1 fully saturated rings. The fourth-order valence-electron chi connectivity index (χ4n) is 4.69. The Kier molecular flexibility index (Phi) is 13.8. The maximum atomic E-state index is 13.0. The zero-order valence-corrected chi connectivity index (χ0v) is 25.3. The van der Waals surface area contributed by atoms with Crippen LogP contribution in [0.3, 0.4) is 0 Å². The van der Waals surface area contributed by atoms with Gasteiger partial charge in [0.2, 0.25) is 5.79 Å². The molecule has 5 nitrogen and oxygen atoms in total. The number of urea groups is 1. The highest BCUT2D eigenvalue weighted by molar-refractivity contribution is 5.96. The number of amides is 2. The lowest BCUT2D eigenvalue weighted by Gasteiger charge is -2.45. The minimum atomic E-state index is -0.916. The van der Waals surface area contributed by atoms with Crippen molar-refractivity contribution in [1.82, 2.24) is 4.90 Å². The van der Waals surface area contributed by atoms with Gasteiger partial charge in [0.25, 0.3) is 0 Å². The van der Waals surface area contributed by atoms with Gasteiger partial charge in [0.1, 0.15) is 0 Å². The number of nitrogens with zero attached hydrogens (tertiary/aromatic N) is 2. The Morgan fingerprint density at radius 3 is 1.71 bits per heavy atom. The van der Waals surface area contributed by atoms with Crippen molar-refractivity contribution in [2.75, 3.05) is 25.8 Å². The summed E-state index contributed by atoms with van der Waals surface area (Å²) >= 11 is 0. The van der Waals surface area contributed by atoms with Crippen molar-refractivity contribution in [2.45, 2.75) is 74.1 Å². The van der Waals surface area contributed by atoms with Gasteiger partial charge in [-0.05, 0) is 30.2 Å². The van der Waals surface area contributed by atoms with Crippen molar-refractivity contribution < 1.29 is 14.3 Å². The number of carbonyl (C=O) groups excluding carboxylic acids is 1. The average Bonchev–Trinajstić information content (AvgIpc) is 2.97. The van der Waals surface area contributed by atoms with E-state index in [4.69, 9.17) is 9.47 Å². The molecule has 1 unspecified atom stereocenters. The van der Waals surface area contributed by atoms with Crippen LogP contribution in [0.25, 0.3) is 0 Å². The second kappa shape index (κ2) is 16.0. The molecule has 1 saturated heterocycles. The van der Waals surface area contributed by atoms with Crippen LogP contribution >= 0.6 is 0 Å². The van der Waals surface area contributed by atoms with Crippen LogP contribution in [0.15, 0.2) is 72.8 Å². The molecular formula is C33H48N2O3. The summed E-state index contributed by atoms with van der Waals surface area (Å²) in [5.74, 6) is -0.916. The molecule has 3 aromatic rings. The Balaban J connectivity index is 0.000000829. The molecule has 0 spiro atoms. The van der Waals surface area contributed by atoms with Gasteiger partial charge in [0, 0.05) is 30.8 Å². The molecule has 0 N–H and O–H groups in total. The highest BCUT2D eigenvalue weighted by atomic mass is 16.9. The number of carbonyl (C=O) groups is 1. The van der Waals surface area contributed by atoms with Crippen molar-refractivity contribution in [3.8, 4) is 0 Å². The Morgan fingerprint density at radius 1 is 0.737 bits per heavy atom. The summed E-state index contributed by atoms with van der Waals surface area (Å²) in [7, 11) is 3.68. The Labute approximate surface area is 231 Å². The van der Waals surface area contributed by atoms with Gasteiger partial charge in [-0.3, -0.25) is 4.90 Å². The molecule has 208 valence electrons. The quantitative estimate of drug-likeness (QED) is 0.346. The van der Waals surface area contributed by atoms with Gasteiger partial charge in [-0.1, -0.05) is 116 Å². The van der Waals surface area contributed by atoms with E-state index in [0.29, 0.717) is 0 Å². The van der Waals surface area contributed by atoms with E-state index in [1.54, 1.807) is 9.80 Å². The number of fused-ring (bicyclic) bond motifs is 1. The number of ether oxygens (including phenoxy) is 2. The van der Waals surface area contributed by atoms with Crippen molar-refractivity contribution in [1.29, 1.82) is 0 Å². The summed E-state index contributed by atoms with van der Waals surface area (Å²) in [6, 6.07) is 24.1. The summed E-state index contributed by atoms with van der Waals surface area (Å²) in [5, 5.41) is 0. The molecule has 2 aliphatic heterocycles. The molecule has 2 heterocycles. The maximum absolute atomic E-state index is 13.0. The van der Waals surface area contributed by atoms with Crippen LogP contribution < -0.4 is 4.90 Å². The third-order valence-electron chi connectivity index (χ3n) is 6.11. The first kappa shape index (κ1) is 32.9. The topological polar surface area (TPSA) is 42.0 Å². The van der Waals surface area contributed by atoms with Crippen LogP contribution in [-0.2, 0) is 15.3 Å². The van der Waals surface area contributed by atoms with Crippen LogP contribution in [0, 0.1) is 6.92 Å². The van der Waals surface area contributed by atoms with E-state index in [0.717, 1.165) is 33.5 Å². The highest BCUT2D eigenvalue weighted by Crippen LogP contribution is 2.47. The molecule has 38 heavy (non-hydrogen) atoms. The number of anilines is 1. The lowest BCUT2D eigenvalue weighted by Crippen LogP contribution is -2.48. The molecule has 2 amide bonds. The summed E-state index contributed by atoms with van der Waals surface area (Å²) in [5.41, 5.74) is 5.99. The van der Waals surface area contributed by atoms with Crippen molar-refractivity contribution in [3.63, 3.8) is 0 Å². The lowest BCUT2D eigenvalue weighted by atomic mass is 9.86. The number of benzene rings is 3. The summed E-state index contributed by atoms with van der Waals surface area (Å²) in [6.07, 6.45) is 0. The van der Waals surface area contributed by atoms with E-state index in [-0.39, 0.29) is 18.9 Å². The van der Waals surface area contributed by atoms with E-state index < -0.39 is 5.79 Å². The SMILES string of the molecule is CC.CC.CC.CC.Cc1cc(C2(c3ccccc3)OCO2)cc2c1N(C)C(=O)N(C)C2c1ccccc1. The third-order valence-corrected chi connectivity index (χ3v) is 6.11. The predicted octanol–water partition coefficient (Wildman–Crippen LogP) is 8.90. The fourth-order valence-corrected chi connectivity index (χ4v) is 4.69. The van der Waals surface area contributed by atoms with Crippen molar-refractivity contribution in [2.24, 2.45) is 0 Å². The van der Waals surface area contributed by atoms with Crippen molar-refractivity contribution in [3.05, 3.63) is 101 Å². The second-order valence-corrected chi connectivity index (χ2v) is 7.89.